The molecule has 2 aromatic rings. The van der Waals surface area contributed by atoms with Gasteiger partial charge in [-0.25, -0.2) is 4.79 Å². The number of benzene rings is 2. The van der Waals surface area contributed by atoms with E-state index < -0.39 is 17.6 Å². The summed E-state index contributed by atoms with van der Waals surface area (Å²) in [5.74, 6) is -2.64. The molecule has 0 atom stereocenters. The number of hydrogen-bond acceptors (Lipinski definition) is 6. The fourth-order valence-corrected chi connectivity index (χ4v) is 3.83. The van der Waals surface area contributed by atoms with E-state index in [-0.39, 0.29) is 28.0 Å². The largest absolute Gasteiger partial charge is 0.507 e. The van der Waals surface area contributed by atoms with E-state index in [1.165, 1.54) is 17.0 Å². The molecule has 1 fully saturated rings. The van der Waals surface area contributed by atoms with Crippen LogP contribution < -0.4 is 5.32 Å². The summed E-state index contributed by atoms with van der Waals surface area (Å²) in [4.78, 5) is 37.6. The first-order valence-corrected chi connectivity index (χ1v) is 9.65. The highest BCUT2D eigenvalue weighted by Gasteiger charge is 2.33. The number of carbonyl (C=O) groups excluding carboxylic acids is 2. The molecule has 7 nitrogen and oxygen atoms in total. The second-order valence-electron chi connectivity index (χ2n) is 6.26. The third kappa shape index (κ3) is 4.82. The lowest BCUT2D eigenvalue weighted by Gasteiger charge is -2.14. The van der Waals surface area contributed by atoms with E-state index in [2.05, 4.69) is 5.32 Å². The molecule has 1 heterocycles. The zero-order valence-corrected chi connectivity index (χ0v) is 16.8. The summed E-state index contributed by atoms with van der Waals surface area (Å²) in [6, 6.07) is 11.3. The summed E-state index contributed by atoms with van der Waals surface area (Å²) in [5.41, 5.74) is 1.80. The quantitative estimate of drug-likeness (QED) is 0.381. The molecule has 3 rings (SSSR count). The topological polar surface area (TPSA) is 107 Å². The van der Waals surface area contributed by atoms with Crippen LogP contribution in [-0.2, 0) is 9.59 Å². The molecule has 0 unspecified atom stereocenters. The Morgan fingerprint density at radius 2 is 1.90 bits per heavy atom. The molecule has 1 aliphatic heterocycles. The molecular weight excluding hydrogens is 412 g/mol. The van der Waals surface area contributed by atoms with Crippen LogP contribution in [0.1, 0.15) is 21.5 Å². The lowest BCUT2D eigenvalue weighted by atomic mass is 10.1. The van der Waals surface area contributed by atoms with E-state index in [1.54, 1.807) is 6.08 Å². The Hall–Kier alpha value is -3.17. The second kappa shape index (κ2) is 8.46. The molecule has 2 aromatic carbocycles. The number of nitrogens with zero attached hydrogens (tertiary/aromatic N) is 1. The Labute approximate surface area is 176 Å². The number of carbonyl (C=O) groups is 3. The van der Waals surface area contributed by atoms with Crippen LogP contribution in [0, 0.1) is 6.92 Å². The number of amides is 2. The Balaban J connectivity index is 1.70. The molecule has 148 valence electrons. The van der Waals surface area contributed by atoms with Crippen LogP contribution in [0.2, 0.25) is 0 Å². The maximum Gasteiger partial charge on any atom is 0.339 e. The number of thioether (sulfide) groups is 1. The highest BCUT2D eigenvalue weighted by atomic mass is 32.2. The number of aromatic carboxylic acids is 1. The Kier molecular flexibility index (Phi) is 6.00. The normalized spacial score (nSPS) is 15.1. The standard InChI is InChI=1S/C20H16N2O5S2/c1-11-2-4-12(5-3-11)8-16-18(25)22(20(28)29-16)10-17(24)21-13-6-7-15(23)14(9-13)19(26)27/h2-9,23H,10H2,1H3,(H,21,24)(H,26,27)/b16-8-. The van der Waals surface area contributed by atoms with Crippen LogP contribution in [0.25, 0.3) is 6.08 Å². The molecular formula is C20H16N2O5S2. The van der Waals surface area contributed by atoms with E-state index in [4.69, 9.17) is 17.3 Å². The lowest BCUT2D eigenvalue weighted by Crippen LogP contribution is -2.36. The monoisotopic (exact) mass is 428 g/mol. The number of nitrogens with one attached hydrogen (secondary N) is 1. The van der Waals surface area contributed by atoms with Crippen molar-refractivity contribution >= 4 is 57.8 Å². The van der Waals surface area contributed by atoms with Crippen LogP contribution in [0.4, 0.5) is 5.69 Å². The summed E-state index contributed by atoms with van der Waals surface area (Å²) in [6.07, 6.45) is 1.72. The zero-order valence-electron chi connectivity index (χ0n) is 15.2. The van der Waals surface area contributed by atoms with Gasteiger partial charge in [-0.1, -0.05) is 53.8 Å². The number of thiocarbonyl (C=S) groups is 1. The van der Waals surface area contributed by atoms with Gasteiger partial charge < -0.3 is 15.5 Å². The second-order valence-corrected chi connectivity index (χ2v) is 7.94. The smallest absolute Gasteiger partial charge is 0.339 e. The summed E-state index contributed by atoms with van der Waals surface area (Å²) >= 11 is 6.34. The Morgan fingerprint density at radius 1 is 1.21 bits per heavy atom. The number of anilines is 1. The minimum atomic E-state index is -1.32. The van der Waals surface area contributed by atoms with Crippen molar-refractivity contribution in [3.63, 3.8) is 0 Å². The van der Waals surface area contributed by atoms with Crippen molar-refractivity contribution in [3.05, 3.63) is 64.1 Å². The van der Waals surface area contributed by atoms with Gasteiger partial charge in [0.05, 0.1) is 4.91 Å². The minimum Gasteiger partial charge on any atom is -0.507 e. The van der Waals surface area contributed by atoms with Gasteiger partial charge >= 0.3 is 5.97 Å². The third-order valence-electron chi connectivity index (χ3n) is 4.06. The number of phenols is 1. The number of rotatable bonds is 5. The van der Waals surface area contributed by atoms with Gasteiger partial charge in [0, 0.05) is 5.69 Å². The number of aromatic hydroxyl groups is 1. The number of aryl methyl sites for hydroxylation is 1. The molecule has 0 saturated carbocycles. The fraction of sp³-hybridized carbons (Fsp3) is 0.100. The highest BCUT2D eigenvalue weighted by molar-refractivity contribution is 8.26. The lowest BCUT2D eigenvalue weighted by molar-refractivity contribution is -0.126. The third-order valence-corrected chi connectivity index (χ3v) is 5.44. The molecule has 1 aliphatic rings. The Bertz CT molecular complexity index is 1050. The fourth-order valence-electron chi connectivity index (χ4n) is 2.58. The SMILES string of the molecule is Cc1ccc(/C=C2\SC(=S)N(CC(=O)Nc3ccc(O)c(C(=O)O)c3)C2=O)cc1. The van der Waals surface area contributed by atoms with Gasteiger partial charge in [-0.05, 0) is 36.8 Å². The molecule has 9 heteroatoms. The summed E-state index contributed by atoms with van der Waals surface area (Å²) in [6.45, 7) is 1.66. The maximum absolute atomic E-state index is 12.6. The Morgan fingerprint density at radius 3 is 2.55 bits per heavy atom. The maximum atomic E-state index is 12.6. The van der Waals surface area contributed by atoms with Crippen LogP contribution in [0.5, 0.6) is 5.75 Å². The van der Waals surface area contributed by atoms with Crippen molar-refractivity contribution in [2.24, 2.45) is 0 Å². The molecule has 0 aliphatic carbocycles. The van der Waals surface area contributed by atoms with Crippen LogP contribution in [-0.4, -0.2) is 43.8 Å². The van der Waals surface area contributed by atoms with Gasteiger partial charge in [-0.15, -0.1) is 0 Å². The summed E-state index contributed by atoms with van der Waals surface area (Å²) in [5, 5.41) is 21.1. The number of hydrogen-bond donors (Lipinski definition) is 3. The molecule has 3 N–H and O–H groups in total. The zero-order chi connectivity index (χ0) is 21.1. The van der Waals surface area contributed by atoms with Crippen molar-refractivity contribution in [2.45, 2.75) is 6.92 Å². The van der Waals surface area contributed by atoms with E-state index in [0.29, 0.717) is 4.91 Å². The van der Waals surface area contributed by atoms with Gasteiger partial charge in [0.2, 0.25) is 5.91 Å². The van der Waals surface area contributed by atoms with Gasteiger partial charge in [0.25, 0.3) is 5.91 Å². The van der Waals surface area contributed by atoms with Crippen molar-refractivity contribution in [2.75, 3.05) is 11.9 Å². The van der Waals surface area contributed by atoms with E-state index in [9.17, 15) is 19.5 Å². The molecule has 0 bridgehead atoms. The molecule has 0 aromatic heterocycles. The molecule has 0 radical (unpaired) electrons. The van der Waals surface area contributed by atoms with Gasteiger partial charge in [-0.2, -0.15) is 0 Å². The predicted molar refractivity (Wildman–Crippen MR) is 115 cm³/mol. The summed E-state index contributed by atoms with van der Waals surface area (Å²) < 4.78 is 0.264. The first-order chi connectivity index (χ1) is 13.7. The van der Waals surface area contributed by atoms with Crippen molar-refractivity contribution in [1.82, 2.24) is 4.90 Å². The van der Waals surface area contributed by atoms with Crippen LogP contribution in [0.3, 0.4) is 0 Å². The van der Waals surface area contributed by atoms with Crippen molar-refractivity contribution in [1.29, 1.82) is 0 Å². The molecule has 1 saturated heterocycles. The molecule has 0 spiro atoms. The number of carboxylic acid groups (broad SMARTS) is 1. The summed E-state index contributed by atoms with van der Waals surface area (Å²) in [7, 11) is 0. The van der Waals surface area contributed by atoms with E-state index >= 15 is 0 Å². The average molecular weight is 428 g/mol. The van der Waals surface area contributed by atoms with Crippen molar-refractivity contribution in [3.8, 4) is 5.75 Å². The van der Waals surface area contributed by atoms with Crippen LogP contribution in [0.15, 0.2) is 47.4 Å². The van der Waals surface area contributed by atoms with Gasteiger partial charge in [0.1, 0.15) is 22.2 Å². The first kappa shape index (κ1) is 20.6. The minimum absolute atomic E-state index is 0.186. The van der Waals surface area contributed by atoms with Gasteiger partial charge in [-0.3, -0.25) is 14.5 Å². The van der Waals surface area contributed by atoms with Crippen molar-refractivity contribution < 1.29 is 24.6 Å². The predicted octanol–water partition coefficient (Wildman–Crippen LogP) is 3.24. The first-order valence-electron chi connectivity index (χ1n) is 8.43. The molecule has 29 heavy (non-hydrogen) atoms. The van der Waals surface area contributed by atoms with E-state index in [1.807, 2.05) is 31.2 Å². The van der Waals surface area contributed by atoms with Gasteiger partial charge in [0.15, 0.2) is 0 Å². The highest BCUT2D eigenvalue weighted by Crippen LogP contribution is 2.32. The number of carboxylic acids is 1. The van der Waals surface area contributed by atoms with Crippen LogP contribution >= 0.6 is 24.0 Å². The van der Waals surface area contributed by atoms with E-state index in [0.717, 1.165) is 29.0 Å². The average Bonchev–Trinajstić information content (AvgIpc) is 2.92. The molecule has 2 amide bonds.